The fraction of sp³-hybridized carbons (Fsp3) is 0.400. The Morgan fingerprint density at radius 3 is 2.46 bits per heavy atom. The van der Waals surface area contributed by atoms with Gasteiger partial charge in [-0.15, -0.1) is 0 Å². The summed E-state index contributed by atoms with van der Waals surface area (Å²) in [4.78, 5) is 0. The molecule has 0 aliphatic rings. The molecule has 0 bridgehead atoms. The molecule has 0 aliphatic carbocycles. The van der Waals surface area contributed by atoms with Crippen molar-refractivity contribution in [2.45, 2.75) is 13.8 Å². The molecule has 0 saturated heterocycles. The zero-order valence-corrected chi connectivity index (χ0v) is 7.91. The molecule has 13 heavy (non-hydrogen) atoms. The average molecular weight is 182 g/mol. The highest BCUT2D eigenvalue weighted by Crippen LogP contribution is 2.35. The maximum atomic E-state index is 9.44. The van der Waals surface area contributed by atoms with Gasteiger partial charge in [-0.1, -0.05) is 6.07 Å². The number of ether oxygens (including phenoxy) is 2. The first-order valence-corrected chi connectivity index (χ1v) is 4.37. The van der Waals surface area contributed by atoms with Crippen LogP contribution in [0.5, 0.6) is 17.2 Å². The molecule has 0 radical (unpaired) electrons. The molecule has 3 nitrogen and oxygen atoms in total. The molecule has 0 unspecified atom stereocenters. The lowest BCUT2D eigenvalue weighted by Crippen LogP contribution is -1.98. The first-order chi connectivity index (χ1) is 6.29. The van der Waals surface area contributed by atoms with E-state index in [-0.39, 0.29) is 5.75 Å². The zero-order chi connectivity index (χ0) is 9.68. The van der Waals surface area contributed by atoms with Crippen molar-refractivity contribution in [2.75, 3.05) is 13.2 Å². The van der Waals surface area contributed by atoms with Crippen LogP contribution < -0.4 is 9.47 Å². The van der Waals surface area contributed by atoms with E-state index >= 15 is 0 Å². The third-order valence-electron chi connectivity index (χ3n) is 1.55. The molecular formula is C10H14O3. The summed E-state index contributed by atoms with van der Waals surface area (Å²) in [7, 11) is 0. The van der Waals surface area contributed by atoms with Gasteiger partial charge in [0.1, 0.15) is 0 Å². The van der Waals surface area contributed by atoms with Crippen molar-refractivity contribution in [3.8, 4) is 17.2 Å². The predicted molar refractivity (Wildman–Crippen MR) is 50.4 cm³/mol. The molecule has 0 aromatic heterocycles. The maximum absolute atomic E-state index is 9.44. The molecule has 0 fully saturated rings. The van der Waals surface area contributed by atoms with E-state index in [9.17, 15) is 5.11 Å². The summed E-state index contributed by atoms with van der Waals surface area (Å²) in [6.45, 7) is 4.82. The molecular weight excluding hydrogens is 168 g/mol. The van der Waals surface area contributed by atoms with Crippen LogP contribution in [0.25, 0.3) is 0 Å². The number of para-hydroxylation sites is 1. The lowest BCUT2D eigenvalue weighted by molar-refractivity contribution is 0.275. The molecule has 72 valence electrons. The number of phenols is 1. The fourth-order valence-corrected chi connectivity index (χ4v) is 1.06. The van der Waals surface area contributed by atoms with Crippen LogP contribution >= 0.6 is 0 Å². The number of phenolic OH excluding ortho intramolecular Hbond substituents is 1. The van der Waals surface area contributed by atoms with Crippen LogP contribution in [0.4, 0.5) is 0 Å². The summed E-state index contributed by atoms with van der Waals surface area (Å²) in [6, 6.07) is 5.07. The van der Waals surface area contributed by atoms with Crippen LogP contribution in [0.3, 0.4) is 0 Å². The van der Waals surface area contributed by atoms with E-state index in [1.54, 1.807) is 18.2 Å². The highest BCUT2D eigenvalue weighted by Gasteiger charge is 2.08. The van der Waals surface area contributed by atoms with Gasteiger partial charge in [0, 0.05) is 0 Å². The summed E-state index contributed by atoms with van der Waals surface area (Å²) >= 11 is 0. The van der Waals surface area contributed by atoms with Gasteiger partial charge in [0.2, 0.25) is 5.75 Å². The molecule has 0 amide bonds. The van der Waals surface area contributed by atoms with E-state index in [0.717, 1.165) is 0 Å². The Labute approximate surface area is 77.9 Å². The Morgan fingerprint density at radius 1 is 1.15 bits per heavy atom. The second-order valence-corrected chi connectivity index (χ2v) is 2.47. The molecule has 1 aromatic rings. The lowest BCUT2D eigenvalue weighted by atomic mass is 10.3. The predicted octanol–water partition coefficient (Wildman–Crippen LogP) is 2.19. The molecule has 0 atom stereocenters. The highest BCUT2D eigenvalue weighted by molar-refractivity contribution is 5.50. The Bertz CT molecular complexity index is 271. The second kappa shape index (κ2) is 4.60. The standard InChI is InChI=1S/C10H14O3/c1-3-12-9-7-5-6-8(11)10(9)13-4-2/h5-7,11H,3-4H2,1-2H3. The fourth-order valence-electron chi connectivity index (χ4n) is 1.06. The topological polar surface area (TPSA) is 38.7 Å². The van der Waals surface area contributed by atoms with Crippen LogP contribution in [0, 0.1) is 0 Å². The first-order valence-electron chi connectivity index (χ1n) is 4.37. The summed E-state index contributed by atoms with van der Waals surface area (Å²) < 4.78 is 10.5. The third-order valence-corrected chi connectivity index (χ3v) is 1.55. The molecule has 0 heterocycles. The van der Waals surface area contributed by atoms with Crippen LogP contribution in [-0.4, -0.2) is 18.3 Å². The number of rotatable bonds is 4. The Balaban J connectivity index is 2.95. The van der Waals surface area contributed by atoms with Crippen LogP contribution in [-0.2, 0) is 0 Å². The van der Waals surface area contributed by atoms with Gasteiger partial charge in [0.25, 0.3) is 0 Å². The average Bonchev–Trinajstić information content (AvgIpc) is 2.11. The maximum Gasteiger partial charge on any atom is 0.203 e. The SMILES string of the molecule is CCOc1cccc(O)c1OCC. The van der Waals surface area contributed by atoms with Crippen molar-refractivity contribution in [3.05, 3.63) is 18.2 Å². The van der Waals surface area contributed by atoms with Crippen molar-refractivity contribution < 1.29 is 14.6 Å². The number of hydrogen-bond acceptors (Lipinski definition) is 3. The smallest absolute Gasteiger partial charge is 0.203 e. The Kier molecular flexibility index (Phi) is 3.43. The van der Waals surface area contributed by atoms with Gasteiger partial charge in [-0.05, 0) is 26.0 Å². The van der Waals surface area contributed by atoms with Crippen LogP contribution in [0.15, 0.2) is 18.2 Å². The third kappa shape index (κ3) is 2.28. The number of benzene rings is 1. The summed E-state index contributed by atoms with van der Waals surface area (Å²) in [5, 5.41) is 9.44. The lowest BCUT2D eigenvalue weighted by Gasteiger charge is -2.11. The van der Waals surface area contributed by atoms with Gasteiger partial charge >= 0.3 is 0 Å². The minimum atomic E-state index is 0.118. The molecule has 0 aliphatic heterocycles. The summed E-state index contributed by atoms with van der Waals surface area (Å²) in [5.74, 6) is 1.13. The number of aromatic hydroxyl groups is 1. The van der Waals surface area contributed by atoms with Crippen molar-refractivity contribution in [3.63, 3.8) is 0 Å². The van der Waals surface area contributed by atoms with E-state index in [4.69, 9.17) is 9.47 Å². The molecule has 1 N–H and O–H groups in total. The van der Waals surface area contributed by atoms with Gasteiger partial charge in [0.15, 0.2) is 11.5 Å². The molecule has 1 aromatic carbocycles. The molecule has 0 saturated carbocycles. The minimum absolute atomic E-state index is 0.118. The van der Waals surface area contributed by atoms with E-state index in [0.29, 0.717) is 24.7 Å². The second-order valence-electron chi connectivity index (χ2n) is 2.47. The van der Waals surface area contributed by atoms with Crippen molar-refractivity contribution in [2.24, 2.45) is 0 Å². The van der Waals surface area contributed by atoms with E-state index in [2.05, 4.69) is 0 Å². The highest BCUT2D eigenvalue weighted by atomic mass is 16.5. The van der Waals surface area contributed by atoms with E-state index in [1.165, 1.54) is 0 Å². The Hall–Kier alpha value is -1.38. The molecule has 3 heteroatoms. The minimum Gasteiger partial charge on any atom is -0.504 e. The van der Waals surface area contributed by atoms with E-state index < -0.39 is 0 Å². The Morgan fingerprint density at radius 2 is 1.85 bits per heavy atom. The van der Waals surface area contributed by atoms with Crippen molar-refractivity contribution in [1.29, 1.82) is 0 Å². The largest absolute Gasteiger partial charge is 0.504 e. The van der Waals surface area contributed by atoms with Crippen LogP contribution in [0.1, 0.15) is 13.8 Å². The molecule has 0 spiro atoms. The normalized spacial score (nSPS) is 9.69. The van der Waals surface area contributed by atoms with Crippen LogP contribution in [0.2, 0.25) is 0 Å². The van der Waals surface area contributed by atoms with Gasteiger partial charge in [-0.3, -0.25) is 0 Å². The van der Waals surface area contributed by atoms with Gasteiger partial charge in [-0.25, -0.2) is 0 Å². The van der Waals surface area contributed by atoms with E-state index in [1.807, 2.05) is 13.8 Å². The summed E-state index contributed by atoms with van der Waals surface area (Å²) in [6.07, 6.45) is 0. The summed E-state index contributed by atoms with van der Waals surface area (Å²) in [5.41, 5.74) is 0. The van der Waals surface area contributed by atoms with Gasteiger partial charge < -0.3 is 14.6 Å². The van der Waals surface area contributed by atoms with Crippen molar-refractivity contribution in [1.82, 2.24) is 0 Å². The monoisotopic (exact) mass is 182 g/mol. The first kappa shape index (κ1) is 9.71. The molecule has 1 rings (SSSR count). The van der Waals surface area contributed by atoms with Gasteiger partial charge in [-0.2, -0.15) is 0 Å². The zero-order valence-electron chi connectivity index (χ0n) is 7.91. The number of hydrogen-bond donors (Lipinski definition) is 1. The van der Waals surface area contributed by atoms with Gasteiger partial charge in [0.05, 0.1) is 13.2 Å². The van der Waals surface area contributed by atoms with Crippen molar-refractivity contribution >= 4 is 0 Å². The quantitative estimate of drug-likeness (QED) is 0.775.